The maximum Gasteiger partial charge on any atom is 0.207 e. The molecule has 6 nitrogen and oxygen atoms in total. The molecule has 17 aromatic rings. The van der Waals surface area contributed by atoms with Crippen molar-refractivity contribution in [1.29, 1.82) is 0 Å². The Morgan fingerprint density at radius 3 is 0.963 bits per heavy atom. The third kappa shape index (κ3) is 5.98. The molecule has 0 N–H and O–H groups in total. The summed E-state index contributed by atoms with van der Waals surface area (Å²) in [6, 6.07) is 90.4. The van der Waals surface area contributed by atoms with E-state index in [0.717, 1.165) is 99.6 Å². The van der Waals surface area contributed by atoms with Crippen LogP contribution in [0.1, 0.15) is 0 Å². The van der Waals surface area contributed by atoms with E-state index in [9.17, 15) is 0 Å². The number of aromatic nitrogens is 4. The number of hydrogen-bond donors (Lipinski definition) is 0. The summed E-state index contributed by atoms with van der Waals surface area (Å²) in [5.41, 5.74) is 16.3. The first-order chi connectivity index (χ1) is 39.4. The van der Waals surface area contributed by atoms with Gasteiger partial charge in [0, 0.05) is 97.1 Å². The molecule has 0 aliphatic carbocycles. The van der Waals surface area contributed by atoms with Gasteiger partial charge < -0.3 is 18.3 Å². The lowest BCUT2D eigenvalue weighted by Crippen LogP contribution is -1.99. The first-order valence-electron chi connectivity index (χ1n) is 27.0. The lowest BCUT2D eigenvalue weighted by atomic mass is 9.99. The summed E-state index contributed by atoms with van der Waals surface area (Å²) in [5, 5.41) is 11.6. The fourth-order valence-corrected chi connectivity index (χ4v) is 16.4. The predicted molar refractivity (Wildman–Crippen MR) is 333 cm³/mol. The summed E-state index contributed by atoms with van der Waals surface area (Å²) in [7, 11) is -3.91. The monoisotopic (exact) mass is 1060 g/mol. The number of nitrogens with zero attached hydrogens (tertiary/aromatic N) is 4. The highest BCUT2D eigenvalue weighted by molar-refractivity contribution is 7.92. The van der Waals surface area contributed by atoms with Gasteiger partial charge in [-0.25, -0.2) is 8.42 Å². The molecular weight excluding hydrogens is 1020 g/mol. The lowest BCUT2D eigenvalue weighted by Gasteiger charge is -2.11. The highest BCUT2D eigenvalue weighted by Crippen LogP contribution is 2.51. The molecule has 0 spiro atoms. The van der Waals surface area contributed by atoms with Gasteiger partial charge in [-0.05, 0) is 132 Å². The molecule has 18 rings (SSSR count). The van der Waals surface area contributed by atoms with Gasteiger partial charge in [0.2, 0.25) is 9.84 Å². The molecule has 5 aromatic heterocycles. The van der Waals surface area contributed by atoms with Crippen LogP contribution in [0.3, 0.4) is 0 Å². The molecular formula is C72H42N4O2S2. The van der Waals surface area contributed by atoms with Gasteiger partial charge in [0.1, 0.15) is 0 Å². The third-order valence-corrected chi connectivity index (χ3v) is 20.0. The first kappa shape index (κ1) is 44.0. The largest absolute Gasteiger partial charge is 0.309 e. The van der Waals surface area contributed by atoms with Crippen LogP contribution in [-0.2, 0) is 9.84 Å². The predicted octanol–water partition coefficient (Wildman–Crippen LogP) is 18.9. The fraction of sp³-hybridized carbons (Fsp3) is 0. The van der Waals surface area contributed by atoms with Crippen LogP contribution in [0.4, 0.5) is 0 Å². The van der Waals surface area contributed by atoms with Crippen LogP contribution < -0.4 is 0 Å². The summed E-state index contributed by atoms with van der Waals surface area (Å²) in [6.45, 7) is 0. The van der Waals surface area contributed by atoms with E-state index < -0.39 is 9.84 Å². The van der Waals surface area contributed by atoms with Gasteiger partial charge in [-0.15, -0.1) is 11.3 Å². The molecule has 0 radical (unpaired) electrons. The van der Waals surface area contributed by atoms with Crippen molar-refractivity contribution in [3.63, 3.8) is 0 Å². The summed E-state index contributed by atoms with van der Waals surface area (Å²) in [6.07, 6.45) is 0. The van der Waals surface area contributed by atoms with Crippen molar-refractivity contribution in [2.75, 3.05) is 0 Å². The van der Waals surface area contributed by atoms with E-state index in [4.69, 9.17) is 0 Å². The van der Waals surface area contributed by atoms with Gasteiger partial charge in [0.15, 0.2) is 0 Å². The zero-order valence-corrected chi connectivity index (χ0v) is 44.3. The van der Waals surface area contributed by atoms with Crippen LogP contribution in [-0.4, -0.2) is 26.7 Å². The van der Waals surface area contributed by atoms with Crippen LogP contribution in [0.5, 0.6) is 0 Å². The van der Waals surface area contributed by atoms with Crippen molar-refractivity contribution in [2.45, 2.75) is 9.79 Å². The fourth-order valence-electron chi connectivity index (χ4n) is 13.6. The van der Waals surface area contributed by atoms with Gasteiger partial charge in [0.25, 0.3) is 0 Å². The number of hydrogen-bond acceptors (Lipinski definition) is 3. The Morgan fingerprint density at radius 2 is 0.562 bits per heavy atom. The highest BCUT2D eigenvalue weighted by atomic mass is 32.2. The first-order valence-corrected chi connectivity index (χ1v) is 29.3. The molecule has 1 aliphatic rings. The van der Waals surface area contributed by atoms with E-state index in [-0.39, 0.29) is 0 Å². The maximum absolute atomic E-state index is 15.1. The molecule has 80 heavy (non-hydrogen) atoms. The van der Waals surface area contributed by atoms with E-state index >= 15 is 8.42 Å². The van der Waals surface area contributed by atoms with Gasteiger partial charge in [-0.2, -0.15) is 0 Å². The van der Waals surface area contributed by atoms with E-state index in [1.807, 2.05) is 65.9 Å². The van der Waals surface area contributed by atoms with E-state index in [1.165, 1.54) is 52.8 Å². The number of benzene rings is 12. The standard InChI is InChI=1S/C72H42N4O2S2/c77-80(78)71-41-67-55(50-26-14-16-28-62(50)74(67)46-19-7-2-8-20-46)37-59(71)60-38-56-52-32-30-44(34-64(52)76(68(56)42-72(60)80)48-23-11-4-12-24-48)43-29-31-51-54-36-58-57-35-53-49-25-13-15-27-61(49)73(45-17-5-1-6-18-45)65(53)39-69(57)79-70(58)40-66(54)75(63(51)33-43)47-21-9-3-10-22-47/h1-42H. The van der Waals surface area contributed by atoms with Crippen LogP contribution in [0.25, 0.3) is 152 Å². The second-order valence-electron chi connectivity index (χ2n) is 21.2. The number of thiophene rings is 1. The summed E-state index contributed by atoms with van der Waals surface area (Å²) < 4.78 is 41.9. The Labute approximate surface area is 462 Å². The number of rotatable bonds is 5. The minimum absolute atomic E-state index is 0.333. The second-order valence-corrected chi connectivity index (χ2v) is 24.2. The van der Waals surface area contributed by atoms with Crippen molar-refractivity contribution in [3.8, 4) is 45.0 Å². The average Bonchev–Trinajstić information content (AvgIpc) is 4.14. The number of sulfone groups is 1. The molecule has 1 aliphatic heterocycles. The normalized spacial score (nSPS) is 13.2. The smallest absolute Gasteiger partial charge is 0.207 e. The van der Waals surface area contributed by atoms with Crippen molar-refractivity contribution in [3.05, 3.63) is 255 Å². The second kappa shape index (κ2) is 16.1. The topological polar surface area (TPSA) is 53.9 Å². The van der Waals surface area contributed by atoms with Gasteiger partial charge in [-0.3, -0.25) is 0 Å². The van der Waals surface area contributed by atoms with Crippen LogP contribution in [0.15, 0.2) is 265 Å². The molecule has 0 fully saturated rings. The Bertz CT molecular complexity index is 5650. The quantitative estimate of drug-likeness (QED) is 0.172. The molecule has 6 heterocycles. The minimum Gasteiger partial charge on any atom is -0.309 e. The molecule has 0 saturated heterocycles. The highest BCUT2D eigenvalue weighted by Gasteiger charge is 2.36. The molecule has 8 heteroatoms. The molecule has 12 aromatic carbocycles. The van der Waals surface area contributed by atoms with Gasteiger partial charge in [0.05, 0.1) is 53.9 Å². The molecule has 0 unspecified atom stereocenters. The van der Waals surface area contributed by atoms with Crippen molar-refractivity contribution in [1.82, 2.24) is 18.3 Å². The van der Waals surface area contributed by atoms with Crippen LogP contribution in [0, 0.1) is 0 Å². The zero-order chi connectivity index (χ0) is 52.5. The molecule has 374 valence electrons. The minimum atomic E-state index is -3.91. The van der Waals surface area contributed by atoms with Crippen molar-refractivity contribution >= 4 is 129 Å². The third-order valence-electron chi connectivity index (χ3n) is 17.1. The summed E-state index contributed by atoms with van der Waals surface area (Å²) in [5.74, 6) is 0. The molecule has 0 saturated carbocycles. The lowest BCUT2D eigenvalue weighted by molar-refractivity contribution is 0.599. The Balaban J connectivity index is 0.826. The Morgan fingerprint density at radius 1 is 0.250 bits per heavy atom. The van der Waals surface area contributed by atoms with Crippen molar-refractivity contribution in [2.24, 2.45) is 0 Å². The van der Waals surface area contributed by atoms with E-state index in [0.29, 0.717) is 9.79 Å². The number of para-hydroxylation sites is 6. The molecule has 0 atom stereocenters. The van der Waals surface area contributed by atoms with Crippen LogP contribution in [0.2, 0.25) is 0 Å². The maximum atomic E-state index is 15.1. The van der Waals surface area contributed by atoms with Gasteiger partial charge in [-0.1, -0.05) is 133 Å². The van der Waals surface area contributed by atoms with Gasteiger partial charge >= 0.3 is 0 Å². The number of fused-ring (bicyclic) bond motifs is 18. The Kier molecular flexibility index (Phi) is 8.84. The summed E-state index contributed by atoms with van der Waals surface area (Å²) >= 11 is 1.86. The van der Waals surface area contributed by atoms with E-state index in [1.54, 1.807) is 0 Å². The van der Waals surface area contributed by atoms with Crippen molar-refractivity contribution < 1.29 is 8.42 Å². The zero-order valence-electron chi connectivity index (χ0n) is 42.7. The van der Waals surface area contributed by atoms with E-state index in [2.05, 4.69) is 218 Å². The molecule has 0 amide bonds. The van der Waals surface area contributed by atoms with Crippen LogP contribution >= 0.6 is 11.3 Å². The Hall–Kier alpha value is -9.99. The summed E-state index contributed by atoms with van der Waals surface area (Å²) in [4.78, 5) is 0.673. The average molecular weight is 1060 g/mol. The molecule has 0 bridgehead atoms. The SMILES string of the molecule is O=S1(=O)c2cc3c(cc2-c2cc4c5ccc(-c6ccc7c8cc9c(cc8n(-c8ccccc8)c7c6)sc6cc7c(cc69)c6ccccc6n7-c6ccccc6)cc5n(-c5ccccc5)c4cc21)c1ccccc1n3-c1ccccc1.